The van der Waals surface area contributed by atoms with Gasteiger partial charge in [-0.05, 0) is 12.8 Å². The van der Waals surface area contributed by atoms with Crippen LogP contribution in [-0.2, 0) is 9.53 Å². The Bertz CT molecular complexity index is 343. The standard InChI is InChI=1S/C20H39N3O2/c1-4-7-9-11-13-21-17-22(14-12-10-8-5-2)19-23(18-21)15-16-25-20(24)6-3/h6H,3-5,7-19H2,1-2H3. The summed E-state index contributed by atoms with van der Waals surface area (Å²) in [6.45, 7) is 14.5. The summed E-state index contributed by atoms with van der Waals surface area (Å²) in [5.41, 5.74) is 0. The maximum Gasteiger partial charge on any atom is 0.330 e. The van der Waals surface area contributed by atoms with E-state index in [-0.39, 0.29) is 5.97 Å². The van der Waals surface area contributed by atoms with Crippen molar-refractivity contribution in [2.45, 2.75) is 65.2 Å². The molecule has 25 heavy (non-hydrogen) atoms. The van der Waals surface area contributed by atoms with Crippen molar-refractivity contribution >= 4 is 5.97 Å². The van der Waals surface area contributed by atoms with Crippen LogP contribution in [-0.4, -0.2) is 66.9 Å². The van der Waals surface area contributed by atoms with E-state index >= 15 is 0 Å². The highest BCUT2D eigenvalue weighted by atomic mass is 16.5. The third-order valence-electron chi connectivity index (χ3n) is 4.67. The second-order valence-corrected chi connectivity index (χ2v) is 7.10. The molecule has 1 fully saturated rings. The van der Waals surface area contributed by atoms with E-state index in [1.165, 1.54) is 57.4 Å². The van der Waals surface area contributed by atoms with Gasteiger partial charge in [-0.1, -0.05) is 59.0 Å². The molecule has 0 aromatic carbocycles. The van der Waals surface area contributed by atoms with Gasteiger partial charge in [-0.25, -0.2) is 4.79 Å². The number of esters is 1. The second kappa shape index (κ2) is 14.3. The van der Waals surface area contributed by atoms with Gasteiger partial charge in [-0.15, -0.1) is 0 Å². The molecule has 0 spiro atoms. The first kappa shape index (κ1) is 22.1. The van der Waals surface area contributed by atoms with E-state index in [0.717, 1.165) is 39.6 Å². The van der Waals surface area contributed by atoms with Crippen molar-refractivity contribution in [2.75, 3.05) is 46.2 Å². The fraction of sp³-hybridized carbons (Fsp3) is 0.850. The van der Waals surface area contributed by atoms with Gasteiger partial charge in [0.1, 0.15) is 6.61 Å². The molecule has 146 valence electrons. The smallest absolute Gasteiger partial charge is 0.330 e. The van der Waals surface area contributed by atoms with Gasteiger partial charge in [0.2, 0.25) is 0 Å². The highest BCUT2D eigenvalue weighted by molar-refractivity contribution is 5.81. The van der Waals surface area contributed by atoms with Crippen LogP contribution in [0.3, 0.4) is 0 Å². The summed E-state index contributed by atoms with van der Waals surface area (Å²) in [5, 5.41) is 0. The van der Waals surface area contributed by atoms with Gasteiger partial charge in [0.05, 0.1) is 20.0 Å². The van der Waals surface area contributed by atoms with E-state index in [0.29, 0.717) is 6.61 Å². The van der Waals surface area contributed by atoms with Crippen LogP contribution in [0.4, 0.5) is 0 Å². The number of rotatable bonds is 14. The Morgan fingerprint density at radius 3 is 1.76 bits per heavy atom. The molecule has 0 aromatic rings. The average molecular weight is 354 g/mol. The minimum Gasteiger partial charge on any atom is -0.461 e. The van der Waals surface area contributed by atoms with Crippen LogP contribution in [0.15, 0.2) is 12.7 Å². The summed E-state index contributed by atoms with van der Waals surface area (Å²) in [6, 6.07) is 0. The quantitative estimate of drug-likeness (QED) is 0.270. The molecule has 0 atom stereocenters. The van der Waals surface area contributed by atoms with Crippen molar-refractivity contribution in [2.24, 2.45) is 0 Å². The first-order valence-electron chi connectivity index (χ1n) is 10.2. The highest BCUT2D eigenvalue weighted by Gasteiger charge is 2.22. The Morgan fingerprint density at radius 1 is 0.840 bits per heavy atom. The molecule has 0 aromatic heterocycles. The molecule has 0 N–H and O–H groups in total. The van der Waals surface area contributed by atoms with Gasteiger partial charge >= 0.3 is 5.97 Å². The summed E-state index contributed by atoms with van der Waals surface area (Å²) in [5.74, 6) is -0.329. The molecule has 0 aliphatic carbocycles. The highest BCUT2D eigenvalue weighted by Crippen LogP contribution is 2.11. The Labute approximate surface area is 155 Å². The van der Waals surface area contributed by atoms with E-state index in [4.69, 9.17) is 4.74 Å². The van der Waals surface area contributed by atoms with E-state index in [2.05, 4.69) is 35.1 Å². The third-order valence-corrected chi connectivity index (χ3v) is 4.67. The van der Waals surface area contributed by atoms with Crippen LogP contribution in [0.1, 0.15) is 65.2 Å². The number of carbonyl (C=O) groups excluding carboxylic acids is 1. The van der Waals surface area contributed by atoms with Gasteiger partial charge in [0.15, 0.2) is 0 Å². The zero-order valence-corrected chi connectivity index (χ0v) is 16.5. The molecule has 1 aliphatic heterocycles. The van der Waals surface area contributed by atoms with Gasteiger partial charge in [-0.2, -0.15) is 0 Å². The molecule has 0 unspecified atom stereocenters. The van der Waals surface area contributed by atoms with Gasteiger partial charge in [0, 0.05) is 25.7 Å². The third kappa shape index (κ3) is 10.6. The van der Waals surface area contributed by atoms with E-state index in [1.54, 1.807) is 0 Å². The maximum atomic E-state index is 11.2. The Hall–Kier alpha value is -0.910. The van der Waals surface area contributed by atoms with Crippen molar-refractivity contribution in [1.29, 1.82) is 0 Å². The first-order valence-corrected chi connectivity index (χ1v) is 10.2. The molecule has 0 radical (unpaired) electrons. The van der Waals surface area contributed by atoms with Gasteiger partial charge in [0.25, 0.3) is 0 Å². The molecule has 1 aliphatic rings. The molecule has 5 nitrogen and oxygen atoms in total. The second-order valence-electron chi connectivity index (χ2n) is 7.10. The molecular weight excluding hydrogens is 314 g/mol. The number of hydrogen-bond acceptors (Lipinski definition) is 5. The monoisotopic (exact) mass is 353 g/mol. The van der Waals surface area contributed by atoms with Crippen molar-refractivity contribution in [3.05, 3.63) is 12.7 Å². The number of carbonyl (C=O) groups is 1. The van der Waals surface area contributed by atoms with Crippen molar-refractivity contribution in [3.8, 4) is 0 Å². The van der Waals surface area contributed by atoms with Crippen LogP contribution < -0.4 is 0 Å². The molecular formula is C20H39N3O2. The molecule has 5 heteroatoms. The fourth-order valence-corrected chi connectivity index (χ4v) is 3.27. The normalized spacial score (nSPS) is 16.9. The minimum absolute atomic E-state index is 0.329. The Kier molecular flexibility index (Phi) is 12.6. The zero-order chi connectivity index (χ0) is 18.3. The van der Waals surface area contributed by atoms with E-state index in [1.807, 2.05) is 0 Å². The lowest BCUT2D eigenvalue weighted by Gasteiger charge is -2.42. The summed E-state index contributed by atoms with van der Waals surface area (Å²) >= 11 is 0. The zero-order valence-electron chi connectivity index (χ0n) is 16.5. The number of nitrogens with zero attached hydrogens (tertiary/aromatic N) is 3. The largest absolute Gasteiger partial charge is 0.461 e. The predicted octanol–water partition coefficient (Wildman–Crippen LogP) is 3.67. The summed E-state index contributed by atoms with van der Waals surface area (Å²) in [4.78, 5) is 18.7. The van der Waals surface area contributed by atoms with Crippen LogP contribution in [0.25, 0.3) is 0 Å². The van der Waals surface area contributed by atoms with E-state index in [9.17, 15) is 4.79 Å². The van der Waals surface area contributed by atoms with Crippen LogP contribution in [0, 0.1) is 0 Å². The van der Waals surface area contributed by atoms with Gasteiger partial charge in [-0.3, -0.25) is 14.7 Å². The molecule has 0 saturated carbocycles. The van der Waals surface area contributed by atoms with Crippen LogP contribution >= 0.6 is 0 Å². The number of hydrogen-bond donors (Lipinski definition) is 0. The summed E-state index contributed by atoms with van der Waals surface area (Å²) < 4.78 is 5.15. The molecule has 0 amide bonds. The lowest BCUT2D eigenvalue weighted by Crippen LogP contribution is -2.55. The Morgan fingerprint density at radius 2 is 1.32 bits per heavy atom. The van der Waals surface area contributed by atoms with Crippen LogP contribution in [0.5, 0.6) is 0 Å². The Balaban J connectivity index is 2.39. The van der Waals surface area contributed by atoms with Crippen molar-refractivity contribution in [1.82, 2.24) is 14.7 Å². The SMILES string of the molecule is C=CC(=O)OCCN1CN(CCCCCC)CN(CCCCCC)C1. The summed E-state index contributed by atoms with van der Waals surface area (Å²) in [7, 11) is 0. The topological polar surface area (TPSA) is 36.0 Å². The lowest BCUT2D eigenvalue weighted by atomic mass is 10.2. The lowest BCUT2D eigenvalue weighted by molar-refractivity contribution is -0.139. The van der Waals surface area contributed by atoms with Crippen molar-refractivity contribution < 1.29 is 9.53 Å². The minimum atomic E-state index is -0.329. The predicted molar refractivity (Wildman–Crippen MR) is 104 cm³/mol. The van der Waals surface area contributed by atoms with E-state index < -0.39 is 0 Å². The fourth-order valence-electron chi connectivity index (χ4n) is 3.27. The molecule has 1 rings (SSSR count). The van der Waals surface area contributed by atoms with Crippen molar-refractivity contribution in [3.63, 3.8) is 0 Å². The van der Waals surface area contributed by atoms with Gasteiger partial charge < -0.3 is 4.74 Å². The number of ether oxygens (including phenoxy) is 1. The maximum absolute atomic E-state index is 11.2. The summed E-state index contributed by atoms with van der Waals surface area (Å²) in [6.07, 6.45) is 11.6. The van der Waals surface area contributed by atoms with Crippen LogP contribution in [0.2, 0.25) is 0 Å². The molecule has 1 heterocycles. The first-order chi connectivity index (χ1) is 12.2. The molecule has 1 saturated heterocycles. The average Bonchev–Trinajstić information content (AvgIpc) is 2.62. The molecule has 0 bridgehead atoms. The number of unbranched alkanes of at least 4 members (excludes halogenated alkanes) is 6.